The molecular weight excluding hydrogens is 400 g/mol. The molecule has 0 saturated heterocycles. The van der Waals surface area contributed by atoms with Gasteiger partial charge in [0.05, 0.1) is 11.3 Å². The molecule has 2 amide bonds. The van der Waals surface area contributed by atoms with Gasteiger partial charge >= 0.3 is 0 Å². The van der Waals surface area contributed by atoms with Crippen molar-refractivity contribution in [3.05, 3.63) is 95.1 Å². The molecule has 32 heavy (non-hydrogen) atoms. The van der Waals surface area contributed by atoms with Crippen LogP contribution >= 0.6 is 0 Å². The predicted molar refractivity (Wildman–Crippen MR) is 126 cm³/mol. The van der Waals surface area contributed by atoms with Gasteiger partial charge in [0, 0.05) is 6.54 Å². The average Bonchev–Trinajstić information content (AvgIpc) is 2.83. The minimum absolute atomic E-state index is 0.108. The number of amides is 2. The zero-order valence-corrected chi connectivity index (χ0v) is 18.1. The van der Waals surface area contributed by atoms with E-state index in [1.807, 2.05) is 42.5 Å². The SMILES string of the molecule is O=C(COc1ccc2c(c1)CCCC2)Nc1ccccc1C(=O)NCCc1ccccc1. The Balaban J connectivity index is 1.31. The van der Waals surface area contributed by atoms with Gasteiger partial charge in [0.15, 0.2) is 6.61 Å². The lowest BCUT2D eigenvalue weighted by molar-refractivity contribution is -0.118. The molecule has 3 aromatic rings. The van der Waals surface area contributed by atoms with Crippen molar-refractivity contribution in [3.8, 4) is 5.75 Å². The lowest BCUT2D eigenvalue weighted by Crippen LogP contribution is -2.28. The molecule has 4 rings (SSSR count). The first kappa shape index (κ1) is 21.6. The number of rotatable bonds is 8. The van der Waals surface area contributed by atoms with E-state index in [1.54, 1.807) is 24.3 Å². The van der Waals surface area contributed by atoms with E-state index < -0.39 is 0 Å². The highest BCUT2D eigenvalue weighted by molar-refractivity contribution is 6.04. The van der Waals surface area contributed by atoms with Crippen LogP contribution in [0, 0.1) is 0 Å². The highest BCUT2D eigenvalue weighted by Gasteiger charge is 2.14. The molecule has 5 heteroatoms. The van der Waals surface area contributed by atoms with Gasteiger partial charge in [0.25, 0.3) is 11.8 Å². The molecule has 3 aromatic carbocycles. The predicted octanol–water partition coefficient (Wildman–Crippen LogP) is 4.56. The monoisotopic (exact) mass is 428 g/mol. The molecule has 1 aliphatic carbocycles. The Kier molecular flexibility index (Phi) is 7.18. The number of benzene rings is 3. The minimum Gasteiger partial charge on any atom is -0.484 e. The van der Waals surface area contributed by atoms with Gasteiger partial charge < -0.3 is 15.4 Å². The molecule has 0 spiro atoms. The number of ether oxygens (including phenoxy) is 1. The second-order valence-corrected chi connectivity index (χ2v) is 8.01. The van der Waals surface area contributed by atoms with Gasteiger partial charge in [-0.2, -0.15) is 0 Å². The van der Waals surface area contributed by atoms with E-state index in [4.69, 9.17) is 4.74 Å². The second kappa shape index (κ2) is 10.6. The van der Waals surface area contributed by atoms with E-state index in [9.17, 15) is 9.59 Å². The fraction of sp³-hybridized carbons (Fsp3) is 0.259. The summed E-state index contributed by atoms with van der Waals surface area (Å²) in [7, 11) is 0. The summed E-state index contributed by atoms with van der Waals surface area (Å²) < 4.78 is 5.71. The molecule has 0 bridgehead atoms. The van der Waals surface area contributed by atoms with Crippen LogP contribution in [0.25, 0.3) is 0 Å². The molecule has 0 atom stereocenters. The molecule has 0 fully saturated rings. The summed E-state index contributed by atoms with van der Waals surface area (Å²) in [6.07, 6.45) is 5.34. The molecule has 0 aromatic heterocycles. The summed E-state index contributed by atoms with van der Waals surface area (Å²) in [5, 5.41) is 5.73. The smallest absolute Gasteiger partial charge is 0.262 e. The lowest BCUT2D eigenvalue weighted by Gasteiger charge is -2.17. The van der Waals surface area contributed by atoms with Crippen molar-refractivity contribution in [2.75, 3.05) is 18.5 Å². The fourth-order valence-corrected chi connectivity index (χ4v) is 3.99. The van der Waals surface area contributed by atoms with Crippen molar-refractivity contribution in [2.24, 2.45) is 0 Å². The minimum atomic E-state index is -0.299. The first-order valence-corrected chi connectivity index (χ1v) is 11.1. The van der Waals surface area contributed by atoms with Crippen molar-refractivity contribution >= 4 is 17.5 Å². The van der Waals surface area contributed by atoms with Gasteiger partial charge in [-0.1, -0.05) is 48.5 Å². The Morgan fingerprint density at radius 1 is 0.844 bits per heavy atom. The van der Waals surface area contributed by atoms with Gasteiger partial charge in [-0.15, -0.1) is 0 Å². The van der Waals surface area contributed by atoms with Crippen molar-refractivity contribution < 1.29 is 14.3 Å². The number of fused-ring (bicyclic) bond motifs is 1. The number of anilines is 1. The Morgan fingerprint density at radius 2 is 1.59 bits per heavy atom. The van der Waals surface area contributed by atoms with Crippen LogP contribution in [0.2, 0.25) is 0 Å². The molecule has 164 valence electrons. The maximum absolute atomic E-state index is 12.7. The molecule has 0 heterocycles. The van der Waals surface area contributed by atoms with E-state index in [1.165, 1.54) is 24.0 Å². The molecule has 0 saturated carbocycles. The molecular formula is C27H28N2O3. The van der Waals surface area contributed by atoms with Crippen LogP contribution in [-0.4, -0.2) is 25.0 Å². The van der Waals surface area contributed by atoms with Crippen LogP contribution in [0.15, 0.2) is 72.8 Å². The molecule has 5 nitrogen and oxygen atoms in total. The van der Waals surface area contributed by atoms with E-state index in [-0.39, 0.29) is 18.4 Å². The fourth-order valence-electron chi connectivity index (χ4n) is 3.99. The summed E-state index contributed by atoms with van der Waals surface area (Å²) in [6.45, 7) is 0.412. The molecule has 2 N–H and O–H groups in total. The zero-order chi connectivity index (χ0) is 22.2. The van der Waals surface area contributed by atoms with Gasteiger partial charge in [-0.25, -0.2) is 0 Å². The summed E-state index contributed by atoms with van der Waals surface area (Å²) in [5.74, 6) is 0.187. The summed E-state index contributed by atoms with van der Waals surface area (Å²) >= 11 is 0. The second-order valence-electron chi connectivity index (χ2n) is 8.01. The van der Waals surface area contributed by atoms with Crippen LogP contribution in [0.3, 0.4) is 0 Å². The Hall–Kier alpha value is -3.60. The Morgan fingerprint density at radius 3 is 2.44 bits per heavy atom. The summed E-state index contributed by atoms with van der Waals surface area (Å²) in [4.78, 5) is 25.1. The van der Waals surface area contributed by atoms with Crippen LogP contribution in [0.4, 0.5) is 5.69 Å². The van der Waals surface area contributed by atoms with Gasteiger partial charge in [0.2, 0.25) is 0 Å². The topological polar surface area (TPSA) is 67.4 Å². The number of hydrogen-bond acceptors (Lipinski definition) is 3. The van der Waals surface area contributed by atoms with Gasteiger partial charge in [-0.3, -0.25) is 9.59 Å². The third-order valence-corrected chi connectivity index (χ3v) is 5.68. The number of carbonyl (C=O) groups excluding carboxylic acids is 2. The third kappa shape index (κ3) is 5.76. The standard InChI is InChI=1S/C27H28N2O3/c30-26(19-32-23-15-14-21-10-4-5-11-22(21)18-23)29-25-13-7-6-12-24(25)27(31)28-17-16-20-8-2-1-3-9-20/h1-3,6-9,12-15,18H,4-5,10-11,16-17,19H2,(H,28,31)(H,29,30). The quantitative estimate of drug-likeness (QED) is 0.553. The van der Waals surface area contributed by atoms with E-state index in [0.29, 0.717) is 23.5 Å². The molecule has 0 radical (unpaired) electrons. The van der Waals surface area contributed by atoms with Gasteiger partial charge in [0.1, 0.15) is 5.75 Å². The Bertz CT molecular complexity index is 1080. The summed E-state index contributed by atoms with van der Waals surface area (Å²) in [6, 6.07) is 23.1. The van der Waals surface area contributed by atoms with Crippen LogP contribution < -0.4 is 15.4 Å². The molecule has 0 aliphatic heterocycles. The molecule has 0 unspecified atom stereocenters. The number of hydrogen-bond donors (Lipinski definition) is 2. The van der Waals surface area contributed by atoms with Crippen molar-refractivity contribution in [2.45, 2.75) is 32.1 Å². The highest BCUT2D eigenvalue weighted by atomic mass is 16.5. The van der Waals surface area contributed by atoms with Crippen LogP contribution in [0.5, 0.6) is 5.75 Å². The first-order valence-electron chi connectivity index (χ1n) is 11.1. The average molecular weight is 429 g/mol. The maximum Gasteiger partial charge on any atom is 0.262 e. The van der Waals surface area contributed by atoms with Crippen molar-refractivity contribution in [3.63, 3.8) is 0 Å². The maximum atomic E-state index is 12.7. The largest absolute Gasteiger partial charge is 0.484 e. The van der Waals surface area contributed by atoms with E-state index in [0.717, 1.165) is 24.8 Å². The summed E-state index contributed by atoms with van der Waals surface area (Å²) in [5.41, 5.74) is 4.76. The Labute approximate surface area is 188 Å². The van der Waals surface area contributed by atoms with Crippen molar-refractivity contribution in [1.82, 2.24) is 5.32 Å². The normalized spacial score (nSPS) is 12.5. The molecule has 1 aliphatic rings. The first-order chi connectivity index (χ1) is 15.7. The zero-order valence-electron chi connectivity index (χ0n) is 18.1. The van der Waals surface area contributed by atoms with Crippen molar-refractivity contribution in [1.29, 1.82) is 0 Å². The number of aryl methyl sites for hydroxylation is 2. The van der Waals surface area contributed by atoms with E-state index >= 15 is 0 Å². The number of carbonyl (C=O) groups is 2. The highest BCUT2D eigenvalue weighted by Crippen LogP contribution is 2.25. The lowest BCUT2D eigenvalue weighted by atomic mass is 9.92. The van der Waals surface area contributed by atoms with Crippen LogP contribution in [-0.2, 0) is 24.1 Å². The van der Waals surface area contributed by atoms with Gasteiger partial charge in [-0.05, 0) is 73.1 Å². The van der Waals surface area contributed by atoms with Crippen LogP contribution in [0.1, 0.15) is 39.9 Å². The number of nitrogens with one attached hydrogen (secondary N) is 2. The van der Waals surface area contributed by atoms with E-state index in [2.05, 4.69) is 16.7 Å². The number of para-hydroxylation sites is 1. The third-order valence-electron chi connectivity index (χ3n) is 5.68.